The van der Waals surface area contributed by atoms with Crippen molar-refractivity contribution >= 4 is 21.8 Å². The van der Waals surface area contributed by atoms with Crippen molar-refractivity contribution in [2.45, 2.75) is 18.7 Å². The van der Waals surface area contributed by atoms with Crippen molar-refractivity contribution in [1.29, 1.82) is 0 Å². The molecule has 2 heterocycles. The molecular formula is C18H24N4O5S. The van der Waals surface area contributed by atoms with E-state index in [2.05, 4.69) is 10.5 Å². The van der Waals surface area contributed by atoms with E-state index in [0.29, 0.717) is 50.1 Å². The number of aromatic nitrogens is 1. The van der Waals surface area contributed by atoms with Crippen LogP contribution in [0.5, 0.6) is 5.75 Å². The number of nitrogens with one attached hydrogen (secondary N) is 1. The number of aryl methyl sites for hydroxylation is 1. The van der Waals surface area contributed by atoms with E-state index in [1.165, 1.54) is 4.31 Å². The van der Waals surface area contributed by atoms with E-state index in [9.17, 15) is 13.2 Å². The molecule has 152 valence electrons. The van der Waals surface area contributed by atoms with E-state index < -0.39 is 10.0 Å². The number of hydrogen-bond donors (Lipinski definition) is 1. The molecule has 1 fully saturated rings. The molecule has 0 radical (unpaired) electrons. The summed E-state index contributed by atoms with van der Waals surface area (Å²) in [4.78, 5) is 14.2. The van der Waals surface area contributed by atoms with Gasteiger partial charge in [0.15, 0.2) is 0 Å². The van der Waals surface area contributed by atoms with Gasteiger partial charge in [0.1, 0.15) is 5.75 Å². The number of nitrogens with zero attached hydrogens (tertiary/aromatic N) is 3. The van der Waals surface area contributed by atoms with E-state index in [1.807, 2.05) is 11.8 Å². The number of benzene rings is 1. The first-order valence-corrected chi connectivity index (χ1v) is 10.5. The van der Waals surface area contributed by atoms with Gasteiger partial charge in [-0.05, 0) is 38.1 Å². The van der Waals surface area contributed by atoms with Crippen LogP contribution in [0.15, 0.2) is 39.8 Å². The van der Waals surface area contributed by atoms with Gasteiger partial charge in [0.2, 0.25) is 21.8 Å². The maximum absolute atomic E-state index is 12.8. The fraction of sp³-hybridized carbons (Fsp3) is 0.444. The van der Waals surface area contributed by atoms with Crippen LogP contribution in [0.25, 0.3) is 0 Å². The van der Waals surface area contributed by atoms with Crippen LogP contribution in [-0.2, 0) is 14.8 Å². The van der Waals surface area contributed by atoms with Gasteiger partial charge in [0.25, 0.3) is 0 Å². The molecule has 0 bridgehead atoms. The zero-order chi connectivity index (χ0) is 20.1. The number of amides is 1. The minimum Gasteiger partial charge on any atom is -0.494 e. The first-order valence-electron chi connectivity index (χ1n) is 9.07. The van der Waals surface area contributed by atoms with Crippen molar-refractivity contribution in [2.75, 3.05) is 44.6 Å². The first kappa shape index (κ1) is 20.3. The number of carbonyl (C=O) groups excluding carboxylic acids is 1. The van der Waals surface area contributed by atoms with Crippen molar-refractivity contribution < 1.29 is 22.5 Å². The number of rotatable bonds is 7. The van der Waals surface area contributed by atoms with Crippen LogP contribution in [0.2, 0.25) is 0 Å². The lowest BCUT2D eigenvalue weighted by atomic mass is 10.3. The summed E-state index contributed by atoms with van der Waals surface area (Å²) in [5.41, 5.74) is 0.684. The third kappa shape index (κ3) is 4.89. The topological polar surface area (TPSA) is 105 Å². The van der Waals surface area contributed by atoms with E-state index in [-0.39, 0.29) is 17.3 Å². The van der Waals surface area contributed by atoms with Gasteiger partial charge < -0.3 is 9.26 Å². The van der Waals surface area contributed by atoms with E-state index >= 15 is 0 Å². The van der Waals surface area contributed by atoms with Gasteiger partial charge >= 0.3 is 0 Å². The van der Waals surface area contributed by atoms with E-state index in [0.717, 1.165) is 0 Å². The molecule has 10 heteroatoms. The van der Waals surface area contributed by atoms with Crippen LogP contribution in [-0.4, -0.2) is 68.0 Å². The fourth-order valence-corrected chi connectivity index (χ4v) is 4.38. The Hall–Kier alpha value is -2.43. The van der Waals surface area contributed by atoms with Gasteiger partial charge in [0.05, 0.1) is 23.7 Å². The van der Waals surface area contributed by atoms with Crippen LogP contribution < -0.4 is 10.1 Å². The van der Waals surface area contributed by atoms with Gasteiger partial charge in [-0.1, -0.05) is 5.16 Å². The minimum absolute atomic E-state index is 0.163. The molecule has 1 aromatic heterocycles. The number of piperazine rings is 1. The average molecular weight is 408 g/mol. The highest BCUT2D eigenvalue weighted by Crippen LogP contribution is 2.21. The normalized spacial score (nSPS) is 16.1. The maximum atomic E-state index is 12.8. The third-order valence-corrected chi connectivity index (χ3v) is 6.27. The van der Waals surface area contributed by atoms with Crippen LogP contribution in [0.3, 0.4) is 0 Å². The van der Waals surface area contributed by atoms with Gasteiger partial charge in [-0.3, -0.25) is 15.0 Å². The molecule has 2 aromatic rings. The molecular weight excluding hydrogens is 384 g/mol. The molecule has 1 saturated heterocycles. The Morgan fingerprint density at radius 3 is 2.46 bits per heavy atom. The number of ether oxygens (including phenoxy) is 1. The summed E-state index contributed by atoms with van der Waals surface area (Å²) in [6.07, 6.45) is 0. The average Bonchev–Trinajstić information content (AvgIpc) is 3.07. The van der Waals surface area contributed by atoms with Gasteiger partial charge in [0, 0.05) is 32.2 Å². The minimum atomic E-state index is -3.56. The van der Waals surface area contributed by atoms with E-state index in [4.69, 9.17) is 9.26 Å². The van der Waals surface area contributed by atoms with Crippen molar-refractivity contribution in [3.63, 3.8) is 0 Å². The lowest BCUT2D eigenvalue weighted by Gasteiger charge is -2.33. The lowest BCUT2D eigenvalue weighted by Crippen LogP contribution is -2.50. The number of anilines is 1. The van der Waals surface area contributed by atoms with Crippen molar-refractivity contribution in [2.24, 2.45) is 0 Å². The second kappa shape index (κ2) is 8.72. The highest BCUT2D eigenvalue weighted by atomic mass is 32.2. The first-order chi connectivity index (χ1) is 13.4. The van der Waals surface area contributed by atoms with Crippen molar-refractivity contribution in [3.05, 3.63) is 36.0 Å². The Morgan fingerprint density at radius 1 is 1.21 bits per heavy atom. The Balaban J connectivity index is 1.53. The second-order valence-corrected chi connectivity index (χ2v) is 8.40. The largest absolute Gasteiger partial charge is 0.494 e. The highest BCUT2D eigenvalue weighted by molar-refractivity contribution is 7.89. The zero-order valence-electron chi connectivity index (χ0n) is 15.9. The Labute approximate surface area is 164 Å². The molecule has 9 nitrogen and oxygen atoms in total. The van der Waals surface area contributed by atoms with Crippen molar-refractivity contribution in [1.82, 2.24) is 14.4 Å². The van der Waals surface area contributed by atoms with Gasteiger partial charge in [-0.2, -0.15) is 4.31 Å². The van der Waals surface area contributed by atoms with E-state index in [1.54, 1.807) is 37.3 Å². The molecule has 28 heavy (non-hydrogen) atoms. The third-order valence-electron chi connectivity index (χ3n) is 4.36. The molecule has 0 unspecified atom stereocenters. The Kier molecular flexibility index (Phi) is 6.32. The molecule has 1 aliphatic rings. The molecule has 1 N–H and O–H groups in total. The number of carbonyl (C=O) groups is 1. The van der Waals surface area contributed by atoms with Crippen LogP contribution >= 0.6 is 0 Å². The predicted molar refractivity (Wildman–Crippen MR) is 103 cm³/mol. The molecule has 0 aliphatic carbocycles. The quantitative estimate of drug-likeness (QED) is 0.737. The molecule has 3 rings (SSSR count). The SMILES string of the molecule is CCOc1ccc(S(=O)(=O)N2CCN(CC(=O)Nc3cc(C)no3)CC2)cc1. The van der Waals surface area contributed by atoms with Crippen LogP contribution in [0.4, 0.5) is 5.88 Å². The smallest absolute Gasteiger partial charge is 0.243 e. The Bertz CT molecular complexity index is 902. The van der Waals surface area contributed by atoms with Crippen LogP contribution in [0.1, 0.15) is 12.6 Å². The summed E-state index contributed by atoms with van der Waals surface area (Å²) in [5.74, 6) is 0.720. The lowest BCUT2D eigenvalue weighted by molar-refractivity contribution is -0.117. The molecule has 1 aliphatic heterocycles. The van der Waals surface area contributed by atoms with Crippen molar-refractivity contribution in [3.8, 4) is 5.75 Å². The molecule has 0 atom stereocenters. The summed E-state index contributed by atoms with van der Waals surface area (Å²) >= 11 is 0. The summed E-state index contributed by atoms with van der Waals surface area (Å²) < 4.78 is 37.3. The standard InChI is InChI=1S/C18H24N4O5S/c1-3-26-15-4-6-16(7-5-15)28(24,25)22-10-8-21(9-11-22)13-17(23)19-18-12-14(2)20-27-18/h4-7,12H,3,8-11,13H2,1-2H3,(H,19,23). The monoisotopic (exact) mass is 408 g/mol. The van der Waals surface area contributed by atoms with Gasteiger partial charge in [-0.25, -0.2) is 8.42 Å². The summed E-state index contributed by atoms with van der Waals surface area (Å²) in [6, 6.07) is 8.06. The van der Waals surface area contributed by atoms with Crippen LogP contribution in [0, 0.1) is 6.92 Å². The molecule has 0 spiro atoms. The maximum Gasteiger partial charge on any atom is 0.243 e. The predicted octanol–water partition coefficient (Wildman–Crippen LogP) is 1.33. The summed E-state index contributed by atoms with van der Waals surface area (Å²) in [5, 5.41) is 6.35. The second-order valence-electron chi connectivity index (χ2n) is 6.47. The summed E-state index contributed by atoms with van der Waals surface area (Å²) in [7, 11) is -3.56. The summed E-state index contributed by atoms with van der Waals surface area (Å²) in [6.45, 7) is 5.92. The molecule has 1 aromatic carbocycles. The molecule has 1 amide bonds. The number of sulfonamides is 1. The Morgan fingerprint density at radius 2 is 1.89 bits per heavy atom. The van der Waals surface area contributed by atoms with Gasteiger partial charge in [-0.15, -0.1) is 0 Å². The number of hydrogen-bond acceptors (Lipinski definition) is 7. The zero-order valence-corrected chi connectivity index (χ0v) is 16.7. The highest BCUT2D eigenvalue weighted by Gasteiger charge is 2.29. The molecule has 0 saturated carbocycles. The fourth-order valence-electron chi connectivity index (χ4n) is 2.95.